The van der Waals surface area contributed by atoms with E-state index in [9.17, 15) is 4.79 Å². The van der Waals surface area contributed by atoms with Crippen LogP contribution in [-0.2, 0) is 19.0 Å². The average molecular weight is 243 g/mol. The molecule has 1 N–H and O–H groups in total. The summed E-state index contributed by atoms with van der Waals surface area (Å²) in [4.78, 5) is 11.4. The first kappa shape index (κ1) is 12.8. The van der Waals surface area contributed by atoms with Crippen molar-refractivity contribution in [2.24, 2.45) is 0 Å². The van der Waals surface area contributed by atoms with Crippen molar-refractivity contribution in [2.45, 2.75) is 37.9 Å². The number of ether oxygens (including phenoxy) is 3. The Bertz CT molecular complexity index is 258. The van der Waals surface area contributed by atoms with Gasteiger partial charge >= 0.3 is 5.97 Å². The van der Waals surface area contributed by atoms with Crippen LogP contribution in [0.2, 0.25) is 0 Å². The Morgan fingerprint density at radius 1 is 1.47 bits per heavy atom. The van der Waals surface area contributed by atoms with Gasteiger partial charge in [-0.1, -0.05) is 0 Å². The minimum atomic E-state index is -0.202. The molecule has 1 unspecified atom stereocenters. The second kappa shape index (κ2) is 5.80. The molecule has 2 aliphatic heterocycles. The van der Waals surface area contributed by atoms with Crippen molar-refractivity contribution >= 4 is 5.97 Å². The quantitative estimate of drug-likeness (QED) is 0.731. The lowest BCUT2D eigenvalue weighted by molar-refractivity contribution is -0.211. The number of hydrogen-bond acceptors (Lipinski definition) is 5. The molecule has 2 heterocycles. The average Bonchev–Trinajstić information content (AvgIpc) is 2.30. The number of esters is 1. The normalized spacial score (nSPS) is 27.9. The predicted molar refractivity (Wildman–Crippen MR) is 61.8 cm³/mol. The van der Waals surface area contributed by atoms with Crippen LogP contribution in [0.1, 0.15) is 26.2 Å². The molecule has 0 aromatic heterocycles. The highest BCUT2D eigenvalue weighted by atomic mass is 16.6. The van der Waals surface area contributed by atoms with Crippen molar-refractivity contribution in [3.8, 4) is 0 Å². The molecule has 2 saturated heterocycles. The smallest absolute Gasteiger partial charge is 0.308 e. The van der Waals surface area contributed by atoms with Crippen LogP contribution in [0.5, 0.6) is 0 Å². The maximum atomic E-state index is 11.4. The third-order valence-corrected chi connectivity index (χ3v) is 3.30. The van der Waals surface area contributed by atoms with E-state index in [1.165, 1.54) is 0 Å². The van der Waals surface area contributed by atoms with Gasteiger partial charge in [0.1, 0.15) is 0 Å². The van der Waals surface area contributed by atoms with Crippen LogP contribution in [0, 0.1) is 0 Å². The highest BCUT2D eigenvalue weighted by Crippen LogP contribution is 2.29. The number of nitrogens with one attached hydrogen (secondary N) is 1. The summed E-state index contributed by atoms with van der Waals surface area (Å²) in [7, 11) is 0. The number of rotatable bonds is 3. The summed E-state index contributed by atoms with van der Waals surface area (Å²) in [6.07, 6.45) is 2.04. The molecule has 0 amide bonds. The van der Waals surface area contributed by atoms with Crippen LogP contribution < -0.4 is 5.32 Å². The maximum absolute atomic E-state index is 11.4. The molecule has 0 radical (unpaired) electrons. The zero-order valence-corrected chi connectivity index (χ0v) is 10.4. The van der Waals surface area contributed by atoms with Gasteiger partial charge in [0, 0.05) is 0 Å². The largest absolute Gasteiger partial charge is 0.466 e. The summed E-state index contributed by atoms with van der Waals surface area (Å²) in [5.41, 5.74) is -0.180. The molecule has 2 rings (SSSR count). The van der Waals surface area contributed by atoms with Gasteiger partial charge in [0.2, 0.25) is 0 Å². The molecule has 0 bridgehead atoms. The van der Waals surface area contributed by atoms with Crippen LogP contribution in [-0.4, -0.2) is 50.6 Å². The molecule has 0 saturated carbocycles. The molecule has 2 aliphatic rings. The Hall–Kier alpha value is -0.650. The first-order chi connectivity index (χ1) is 8.24. The molecule has 2 fully saturated rings. The Balaban J connectivity index is 1.85. The van der Waals surface area contributed by atoms with E-state index in [-0.39, 0.29) is 17.7 Å². The highest BCUT2D eigenvalue weighted by molar-refractivity contribution is 5.69. The van der Waals surface area contributed by atoms with Crippen LogP contribution in [0.25, 0.3) is 0 Å². The van der Waals surface area contributed by atoms with Gasteiger partial charge in [-0.15, -0.1) is 0 Å². The first-order valence-electron chi connectivity index (χ1n) is 6.36. The minimum absolute atomic E-state index is 0.152. The number of carbonyl (C=O) groups is 1. The molecule has 0 aliphatic carbocycles. The number of carbonyl (C=O) groups excluding carboxylic acids is 1. The van der Waals surface area contributed by atoms with E-state index < -0.39 is 0 Å². The topological polar surface area (TPSA) is 56.8 Å². The van der Waals surface area contributed by atoms with E-state index in [1.54, 1.807) is 0 Å². The molecule has 1 atom stereocenters. The maximum Gasteiger partial charge on any atom is 0.308 e. The van der Waals surface area contributed by atoms with Gasteiger partial charge in [-0.05, 0) is 32.9 Å². The van der Waals surface area contributed by atoms with Gasteiger partial charge in [0.15, 0.2) is 0 Å². The van der Waals surface area contributed by atoms with E-state index in [2.05, 4.69) is 5.32 Å². The molecule has 5 nitrogen and oxygen atoms in total. The van der Waals surface area contributed by atoms with Crippen molar-refractivity contribution < 1.29 is 19.0 Å². The van der Waals surface area contributed by atoms with Gasteiger partial charge in [0.05, 0.1) is 37.9 Å². The fourth-order valence-electron chi connectivity index (χ4n) is 2.45. The summed E-state index contributed by atoms with van der Waals surface area (Å²) >= 11 is 0. The van der Waals surface area contributed by atoms with E-state index in [0.29, 0.717) is 26.2 Å². The fraction of sp³-hybridized carbons (Fsp3) is 0.917. The second-order valence-corrected chi connectivity index (χ2v) is 4.70. The van der Waals surface area contributed by atoms with Crippen molar-refractivity contribution in [3.63, 3.8) is 0 Å². The highest BCUT2D eigenvalue weighted by Gasteiger charge is 2.39. The van der Waals surface area contributed by atoms with Crippen molar-refractivity contribution in [3.05, 3.63) is 0 Å². The summed E-state index contributed by atoms with van der Waals surface area (Å²) in [5.74, 6) is -0.202. The molecular formula is C12H21NO4. The molecule has 1 spiro atoms. The predicted octanol–water partition coefficient (Wildman–Crippen LogP) is 0.477. The summed E-state index contributed by atoms with van der Waals surface area (Å²) in [5, 5.41) is 3.31. The van der Waals surface area contributed by atoms with Crippen molar-refractivity contribution in [1.82, 2.24) is 5.32 Å². The van der Waals surface area contributed by atoms with E-state index in [1.807, 2.05) is 6.92 Å². The first-order valence-corrected chi connectivity index (χ1v) is 6.36. The van der Waals surface area contributed by atoms with Crippen LogP contribution in [0.15, 0.2) is 0 Å². The van der Waals surface area contributed by atoms with Crippen molar-refractivity contribution in [1.29, 1.82) is 0 Å². The Kier molecular flexibility index (Phi) is 4.36. The summed E-state index contributed by atoms with van der Waals surface area (Å²) < 4.78 is 16.6. The summed E-state index contributed by atoms with van der Waals surface area (Å²) in [6.45, 7) is 5.28. The third kappa shape index (κ3) is 3.40. The van der Waals surface area contributed by atoms with E-state index in [0.717, 1.165) is 25.9 Å². The van der Waals surface area contributed by atoms with Crippen LogP contribution >= 0.6 is 0 Å². The van der Waals surface area contributed by atoms with Crippen LogP contribution in [0.3, 0.4) is 0 Å². The standard InChI is InChI=1S/C12H21NO4/c1-2-16-11(14)7-10-8-15-9-12(17-10)3-5-13-6-4-12/h10,13H,2-9H2,1H3. The molecule has 0 aromatic carbocycles. The molecule has 98 valence electrons. The third-order valence-electron chi connectivity index (χ3n) is 3.30. The second-order valence-electron chi connectivity index (χ2n) is 4.70. The Labute approximate surface area is 102 Å². The van der Waals surface area contributed by atoms with Crippen molar-refractivity contribution in [2.75, 3.05) is 32.9 Å². The molecule has 17 heavy (non-hydrogen) atoms. The zero-order chi connectivity index (χ0) is 12.1. The minimum Gasteiger partial charge on any atom is -0.466 e. The molecule has 5 heteroatoms. The lowest BCUT2D eigenvalue weighted by atomic mass is 9.91. The Morgan fingerprint density at radius 2 is 2.24 bits per heavy atom. The lowest BCUT2D eigenvalue weighted by Gasteiger charge is -2.43. The SMILES string of the molecule is CCOC(=O)CC1COCC2(CCNCC2)O1. The summed E-state index contributed by atoms with van der Waals surface area (Å²) in [6, 6.07) is 0. The van der Waals surface area contributed by atoms with Gasteiger partial charge < -0.3 is 19.5 Å². The lowest BCUT2D eigenvalue weighted by Crippen LogP contribution is -2.53. The van der Waals surface area contributed by atoms with E-state index >= 15 is 0 Å². The fourth-order valence-corrected chi connectivity index (χ4v) is 2.45. The molecular weight excluding hydrogens is 222 g/mol. The zero-order valence-electron chi connectivity index (χ0n) is 10.4. The number of piperidine rings is 1. The van der Waals surface area contributed by atoms with Gasteiger partial charge in [-0.25, -0.2) is 0 Å². The van der Waals surface area contributed by atoms with Gasteiger partial charge in [-0.2, -0.15) is 0 Å². The van der Waals surface area contributed by atoms with Gasteiger partial charge in [-0.3, -0.25) is 4.79 Å². The Morgan fingerprint density at radius 3 is 2.94 bits per heavy atom. The van der Waals surface area contributed by atoms with Crippen LogP contribution in [0.4, 0.5) is 0 Å². The monoisotopic (exact) mass is 243 g/mol. The number of hydrogen-bond donors (Lipinski definition) is 1. The molecule has 0 aromatic rings. The van der Waals surface area contributed by atoms with E-state index in [4.69, 9.17) is 14.2 Å². The van der Waals surface area contributed by atoms with Gasteiger partial charge in [0.25, 0.3) is 0 Å².